The molecule has 0 atom stereocenters. The van der Waals surface area contributed by atoms with E-state index in [0.29, 0.717) is 0 Å². The molecule has 8 heavy (non-hydrogen) atoms. The molecule has 0 saturated heterocycles. The van der Waals surface area contributed by atoms with E-state index in [4.69, 9.17) is 0 Å². The fourth-order valence-corrected chi connectivity index (χ4v) is 0.228. The van der Waals surface area contributed by atoms with Gasteiger partial charge in [-0.1, -0.05) is 0 Å². The van der Waals surface area contributed by atoms with E-state index in [1.807, 2.05) is 0 Å². The van der Waals surface area contributed by atoms with Gasteiger partial charge in [-0.15, -0.1) is 13.2 Å². The van der Waals surface area contributed by atoms with Crippen molar-refractivity contribution >= 4 is 18.5 Å². The van der Waals surface area contributed by atoms with E-state index in [2.05, 4.69) is 23.1 Å². The molecule has 1 rings (SSSR count). The topological polar surface area (TPSA) is 41.8 Å². The SMILES string of the molecule is C=C.O=C1N=CC=N1. The van der Waals surface area contributed by atoms with Crippen molar-refractivity contribution in [3.63, 3.8) is 0 Å². The van der Waals surface area contributed by atoms with Crippen LogP contribution in [0.4, 0.5) is 4.79 Å². The van der Waals surface area contributed by atoms with Gasteiger partial charge in [0.1, 0.15) is 0 Å². The molecule has 42 valence electrons. The highest BCUT2D eigenvalue weighted by Crippen LogP contribution is 1.81. The number of hydrogen-bond acceptors (Lipinski definition) is 1. The first-order valence-electron chi connectivity index (χ1n) is 2.00. The van der Waals surface area contributed by atoms with Gasteiger partial charge in [-0.2, -0.15) is 9.98 Å². The van der Waals surface area contributed by atoms with Gasteiger partial charge in [0.05, 0.1) is 12.4 Å². The lowest BCUT2D eigenvalue weighted by Gasteiger charge is -1.62. The van der Waals surface area contributed by atoms with Crippen LogP contribution in [-0.2, 0) is 0 Å². The maximum absolute atomic E-state index is 9.85. The number of hydrogen-bond donors (Lipinski definition) is 0. The van der Waals surface area contributed by atoms with Crippen LogP contribution in [0.1, 0.15) is 0 Å². The third kappa shape index (κ3) is 2.02. The molecule has 1 aliphatic rings. The lowest BCUT2D eigenvalue weighted by atomic mass is 10.9. The Morgan fingerprint density at radius 1 is 1.25 bits per heavy atom. The number of nitrogens with zero attached hydrogens (tertiary/aromatic N) is 2. The predicted molar refractivity (Wildman–Crippen MR) is 33.6 cm³/mol. The zero-order chi connectivity index (χ0) is 6.41. The normalized spacial score (nSPS) is 13.2. The van der Waals surface area contributed by atoms with Crippen molar-refractivity contribution < 1.29 is 4.79 Å². The molecule has 1 heterocycles. The molecule has 3 nitrogen and oxygen atoms in total. The van der Waals surface area contributed by atoms with Crippen molar-refractivity contribution in [1.82, 2.24) is 0 Å². The molecule has 2 amide bonds. The number of amides is 2. The van der Waals surface area contributed by atoms with E-state index in [-0.39, 0.29) is 0 Å². The van der Waals surface area contributed by atoms with Crippen LogP contribution in [0.5, 0.6) is 0 Å². The first kappa shape index (κ1) is 6.75. The third-order valence-corrected chi connectivity index (χ3v) is 0.437. The summed E-state index contributed by atoms with van der Waals surface area (Å²) in [7, 11) is 0. The van der Waals surface area contributed by atoms with E-state index in [1.165, 1.54) is 12.4 Å². The number of carbonyl (C=O) groups excluding carboxylic acids is 1. The Morgan fingerprint density at radius 3 is 1.75 bits per heavy atom. The molecule has 0 aromatic carbocycles. The van der Waals surface area contributed by atoms with Crippen LogP contribution in [0, 0.1) is 0 Å². The molecule has 0 spiro atoms. The molecule has 0 aliphatic carbocycles. The Hall–Kier alpha value is -1.25. The van der Waals surface area contributed by atoms with Crippen molar-refractivity contribution in [2.24, 2.45) is 9.98 Å². The smallest absolute Gasteiger partial charge is 0.244 e. The van der Waals surface area contributed by atoms with Gasteiger partial charge < -0.3 is 0 Å². The summed E-state index contributed by atoms with van der Waals surface area (Å²) in [6.07, 6.45) is 2.73. The molecule has 0 fully saturated rings. The largest absolute Gasteiger partial charge is 0.367 e. The van der Waals surface area contributed by atoms with Crippen LogP contribution >= 0.6 is 0 Å². The summed E-state index contributed by atoms with van der Waals surface area (Å²) < 4.78 is 0. The third-order valence-electron chi connectivity index (χ3n) is 0.437. The van der Waals surface area contributed by atoms with Gasteiger partial charge in [-0.25, -0.2) is 4.79 Å². The minimum Gasteiger partial charge on any atom is -0.244 e. The fraction of sp³-hybridized carbons (Fsp3) is 0. The van der Waals surface area contributed by atoms with Crippen molar-refractivity contribution in [1.29, 1.82) is 0 Å². The molecule has 3 heteroatoms. The summed E-state index contributed by atoms with van der Waals surface area (Å²) >= 11 is 0. The second-order valence-corrected chi connectivity index (χ2v) is 0.839. The summed E-state index contributed by atoms with van der Waals surface area (Å²) in [5.41, 5.74) is 0. The highest BCUT2D eigenvalue weighted by molar-refractivity contribution is 6.25. The van der Waals surface area contributed by atoms with Crippen molar-refractivity contribution in [3.05, 3.63) is 13.2 Å². The van der Waals surface area contributed by atoms with Gasteiger partial charge in [0, 0.05) is 0 Å². The van der Waals surface area contributed by atoms with Crippen LogP contribution in [0.15, 0.2) is 23.1 Å². The molecule has 0 bridgehead atoms. The maximum Gasteiger partial charge on any atom is 0.367 e. The van der Waals surface area contributed by atoms with E-state index < -0.39 is 6.03 Å². The van der Waals surface area contributed by atoms with Crippen LogP contribution in [0.25, 0.3) is 0 Å². The average Bonchev–Trinajstić information content (AvgIpc) is 2.24. The van der Waals surface area contributed by atoms with Gasteiger partial charge in [0.25, 0.3) is 0 Å². The lowest BCUT2D eigenvalue weighted by Crippen LogP contribution is -1.70. The monoisotopic (exact) mass is 110 g/mol. The van der Waals surface area contributed by atoms with Crippen LogP contribution in [-0.4, -0.2) is 18.5 Å². The molecule has 0 radical (unpaired) electrons. The summed E-state index contributed by atoms with van der Waals surface area (Å²) in [6, 6.07) is -0.407. The number of urea groups is 1. The molecule has 0 aromatic heterocycles. The lowest BCUT2D eigenvalue weighted by molar-refractivity contribution is 0.257. The van der Waals surface area contributed by atoms with Crippen LogP contribution in [0.3, 0.4) is 0 Å². The van der Waals surface area contributed by atoms with Gasteiger partial charge in [0.2, 0.25) is 0 Å². The zero-order valence-corrected chi connectivity index (χ0v) is 4.37. The quantitative estimate of drug-likeness (QED) is 0.430. The Labute approximate surface area is 47.5 Å². The summed E-state index contributed by atoms with van der Waals surface area (Å²) in [5, 5.41) is 0. The van der Waals surface area contributed by atoms with Crippen molar-refractivity contribution in [2.75, 3.05) is 0 Å². The highest BCUT2D eigenvalue weighted by atomic mass is 16.2. The summed E-state index contributed by atoms with van der Waals surface area (Å²) in [4.78, 5) is 16.3. The highest BCUT2D eigenvalue weighted by Gasteiger charge is 1.91. The van der Waals surface area contributed by atoms with E-state index >= 15 is 0 Å². The number of aliphatic imine (C=N–C) groups is 2. The van der Waals surface area contributed by atoms with E-state index in [0.717, 1.165) is 0 Å². The van der Waals surface area contributed by atoms with E-state index in [1.54, 1.807) is 0 Å². The maximum atomic E-state index is 9.85. The van der Waals surface area contributed by atoms with Gasteiger partial charge in [-0.05, 0) is 0 Å². The minimum absolute atomic E-state index is 0.407. The average molecular weight is 110 g/mol. The Balaban J connectivity index is 0.000000222. The second kappa shape index (κ2) is 3.92. The van der Waals surface area contributed by atoms with Crippen LogP contribution in [0.2, 0.25) is 0 Å². The molecule has 0 saturated carbocycles. The number of rotatable bonds is 0. The van der Waals surface area contributed by atoms with Gasteiger partial charge in [0.15, 0.2) is 0 Å². The van der Waals surface area contributed by atoms with Gasteiger partial charge >= 0.3 is 6.03 Å². The molecular weight excluding hydrogens is 104 g/mol. The van der Waals surface area contributed by atoms with Crippen molar-refractivity contribution in [3.8, 4) is 0 Å². The molecule has 1 aliphatic heterocycles. The minimum atomic E-state index is -0.407. The van der Waals surface area contributed by atoms with Crippen LogP contribution < -0.4 is 0 Å². The fourth-order valence-electron chi connectivity index (χ4n) is 0.228. The summed E-state index contributed by atoms with van der Waals surface area (Å²) in [5.74, 6) is 0. The molecule has 0 N–H and O–H groups in total. The second-order valence-electron chi connectivity index (χ2n) is 0.839. The Bertz CT molecular complexity index is 123. The Morgan fingerprint density at radius 2 is 1.62 bits per heavy atom. The van der Waals surface area contributed by atoms with Gasteiger partial charge in [-0.3, -0.25) is 0 Å². The molecular formula is C5H6N2O. The first-order valence-corrected chi connectivity index (χ1v) is 2.00. The van der Waals surface area contributed by atoms with E-state index in [9.17, 15) is 4.79 Å². The predicted octanol–water partition coefficient (Wildman–Crippen LogP) is 1.06. The first-order chi connectivity index (χ1) is 3.89. The standard InChI is InChI=1S/C3H2N2O.C2H4/c6-3-4-1-2-5-3;1-2/h1-2H;1-2H2. The van der Waals surface area contributed by atoms with Crippen molar-refractivity contribution in [2.45, 2.75) is 0 Å². The zero-order valence-electron chi connectivity index (χ0n) is 4.37. The molecule has 0 aromatic rings. The number of carbonyl (C=O) groups is 1. The Kier molecular flexibility index (Phi) is 3.31. The summed E-state index contributed by atoms with van der Waals surface area (Å²) in [6.45, 7) is 6.00. The molecule has 0 unspecified atom stereocenters.